The number of carbonyl (C=O) groups excluding carboxylic acids is 1. The zero-order valence-corrected chi connectivity index (χ0v) is 24.5. The van der Waals surface area contributed by atoms with Crippen LogP contribution in [0, 0.1) is 0 Å². The normalized spacial score (nSPS) is 17.6. The van der Waals surface area contributed by atoms with Crippen molar-refractivity contribution in [2.24, 2.45) is 0 Å². The second-order valence-corrected chi connectivity index (χ2v) is 11.7. The standard InChI is InChI=1S/C35H39NO6/c1-35(2,3)41-34(38)42-36-17-16-31(29-14-9-12-26(18-29)22-37)33(21-36)40-24-27-19-28-13-7-8-15-30(28)32(20-27)39-23-25-10-5-4-6-11-25/h4-15,18-20,31,33,37H,16-17,21-24H2,1-3H3. The molecule has 0 aromatic heterocycles. The lowest BCUT2D eigenvalue weighted by Gasteiger charge is -2.37. The molecule has 7 nitrogen and oxygen atoms in total. The van der Waals surface area contributed by atoms with Gasteiger partial charge in [0.2, 0.25) is 0 Å². The van der Waals surface area contributed by atoms with Crippen molar-refractivity contribution in [3.63, 3.8) is 0 Å². The first-order valence-corrected chi connectivity index (χ1v) is 14.4. The molecule has 7 heteroatoms. The lowest BCUT2D eigenvalue weighted by atomic mass is 9.87. The van der Waals surface area contributed by atoms with Crippen LogP contribution < -0.4 is 4.74 Å². The second kappa shape index (κ2) is 13.4. The molecule has 1 fully saturated rings. The van der Waals surface area contributed by atoms with Gasteiger partial charge in [-0.25, -0.2) is 4.79 Å². The van der Waals surface area contributed by atoms with Crippen LogP contribution in [0.1, 0.15) is 55.4 Å². The average Bonchev–Trinajstić information content (AvgIpc) is 2.98. The first kappa shape index (κ1) is 29.6. The Bertz CT molecular complexity index is 1480. The van der Waals surface area contributed by atoms with Crippen molar-refractivity contribution in [2.75, 3.05) is 13.1 Å². The molecule has 0 saturated carbocycles. The first-order chi connectivity index (χ1) is 20.3. The number of aliphatic hydroxyl groups excluding tert-OH is 1. The Morgan fingerprint density at radius 1 is 0.881 bits per heavy atom. The maximum Gasteiger partial charge on any atom is 0.528 e. The molecule has 1 N–H and O–H groups in total. The average molecular weight is 570 g/mol. The fraction of sp³-hybridized carbons (Fsp3) is 0.343. The van der Waals surface area contributed by atoms with Gasteiger partial charge in [0.05, 0.1) is 25.9 Å². The van der Waals surface area contributed by atoms with E-state index in [0.29, 0.717) is 32.7 Å². The van der Waals surface area contributed by atoms with Crippen LogP contribution in [0.3, 0.4) is 0 Å². The Labute approximate surface area is 247 Å². The van der Waals surface area contributed by atoms with Crippen molar-refractivity contribution in [1.29, 1.82) is 0 Å². The van der Waals surface area contributed by atoms with Gasteiger partial charge in [-0.2, -0.15) is 0 Å². The summed E-state index contributed by atoms with van der Waals surface area (Å²) in [4.78, 5) is 18.0. The van der Waals surface area contributed by atoms with E-state index in [1.54, 1.807) is 5.06 Å². The molecule has 4 aromatic carbocycles. The van der Waals surface area contributed by atoms with E-state index in [0.717, 1.165) is 38.8 Å². The molecule has 0 radical (unpaired) electrons. The summed E-state index contributed by atoms with van der Waals surface area (Å²) >= 11 is 0. The van der Waals surface area contributed by atoms with E-state index in [-0.39, 0.29) is 18.6 Å². The Balaban J connectivity index is 1.35. The van der Waals surface area contributed by atoms with E-state index in [9.17, 15) is 9.90 Å². The zero-order valence-electron chi connectivity index (χ0n) is 24.5. The zero-order chi connectivity index (χ0) is 29.5. The smallest absolute Gasteiger partial charge is 0.488 e. The van der Waals surface area contributed by atoms with E-state index in [2.05, 4.69) is 36.4 Å². The van der Waals surface area contributed by atoms with Crippen molar-refractivity contribution >= 4 is 16.9 Å². The Kier molecular flexibility index (Phi) is 9.42. The van der Waals surface area contributed by atoms with Crippen LogP contribution >= 0.6 is 0 Å². The van der Waals surface area contributed by atoms with Crippen molar-refractivity contribution in [2.45, 2.75) is 64.6 Å². The van der Waals surface area contributed by atoms with Crippen LogP contribution in [-0.4, -0.2) is 41.1 Å². The quantitative estimate of drug-likeness (QED) is 0.215. The summed E-state index contributed by atoms with van der Waals surface area (Å²) in [5.74, 6) is 0.866. The van der Waals surface area contributed by atoms with Crippen LogP contribution in [0.5, 0.6) is 5.75 Å². The van der Waals surface area contributed by atoms with Gasteiger partial charge < -0.3 is 24.2 Å². The third kappa shape index (κ3) is 7.88. The number of carbonyl (C=O) groups is 1. The van der Waals surface area contributed by atoms with Gasteiger partial charge in [0.25, 0.3) is 0 Å². The van der Waals surface area contributed by atoms with Gasteiger partial charge in [-0.15, -0.1) is 5.06 Å². The highest BCUT2D eigenvalue weighted by atomic mass is 16.8. The van der Waals surface area contributed by atoms with E-state index in [4.69, 9.17) is 19.0 Å². The van der Waals surface area contributed by atoms with E-state index in [1.165, 1.54) is 0 Å². The van der Waals surface area contributed by atoms with Crippen LogP contribution in [0.4, 0.5) is 4.79 Å². The third-order valence-electron chi connectivity index (χ3n) is 7.26. The molecular formula is C35H39NO6. The number of benzene rings is 4. The summed E-state index contributed by atoms with van der Waals surface area (Å²) < 4.78 is 18.3. The minimum absolute atomic E-state index is 0.0250. The van der Waals surface area contributed by atoms with Crippen molar-refractivity contribution in [1.82, 2.24) is 5.06 Å². The second-order valence-electron chi connectivity index (χ2n) is 11.7. The molecule has 42 heavy (non-hydrogen) atoms. The summed E-state index contributed by atoms with van der Waals surface area (Å²) in [6.45, 7) is 7.15. The highest BCUT2D eigenvalue weighted by Gasteiger charge is 2.34. The van der Waals surface area contributed by atoms with Crippen molar-refractivity contribution in [3.8, 4) is 5.75 Å². The molecule has 2 atom stereocenters. The molecule has 0 bridgehead atoms. The van der Waals surface area contributed by atoms with Crippen LogP contribution in [0.25, 0.3) is 10.8 Å². The maximum atomic E-state index is 12.4. The number of nitrogens with zero attached hydrogens (tertiary/aromatic N) is 1. The SMILES string of the molecule is CC(C)(C)OC(=O)ON1CCC(c2cccc(CO)c2)C(OCc2cc(OCc3ccccc3)c3ccccc3c2)C1. The van der Waals surface area contributed by atoms with Gasteiger partial charge in [-0.3, -0.25) is 0 Å². The fourth-order valence-corrected chi connectivity index (χ4v) is 5.29. The van der Waals surface area contributed by atoms with Crippen molar-refractivity contribution < 1.29 is 28.9 Å². The molecule has 0 spiro atoms. The number of rotatable bonds is 9. The predicted octanol–water partition coefficient (Wildman–Crippen LogP) is 7.15. The van der Waals surface area contributed by atoms with Gasteiger partial charge in [-0.1, -0.05) is 78.9 Å². The molecule has 2 unspecified atom stereocenters. The Morgan fingerprint density at radius 3 is 2.43 bits per heavy atom. The molecular weight excluding hydrogens is 530 g/mol. The van der Waals surface area contributed by atoms with Gasteiger partial charge in [0.1, 0.15) is 18.0 Å². The third-order valence-corrected chi connectivity index (χ3v) is 7.26. The number of fused-ring (bicyclic) bond motifs is 1. The molecule has 220 valence electrons. The monoisotopic (exact) mass is 569 g/mol. The summed E-state index contributed by atoms with van der Waals surface area (Å²) in [6.07, 6.45) is -0.280. The molecule has 1 aliphatic heterocycles. The number of aliphatic hydroxyl groups is 1. The van der Waals surface area contributed by atoms with Crippen molar-refractivity contribution in [3.05, 3.63) is 113 Å². The number of hydrogen-bond acceptors (Lipinski definition) is 7. The lowest BCUT2D eigenvalue weighted by molar-refractivity contribution is -0.179. The fourth-order valence-electron chi connectivity index (χ4n) is 5.29. The van der Waals surface area contributed by atoms with Crippen LogP contribution in [-0.2, 0) is 34.1 Å². The Hall–Kier alpha value is -3.91. The predicted molar refractivity (Wildman–Crippen MR) is 162 cm³/mol. The molecule has 1 saturated heterocycles. The largest absolute Gasteiger partial charge is 0.528 e. The number of ether oxygens (including phenoxy) is 3. The van der Waals surface area contributed by atoms with Gasteiger partial charge in [0.15, 0.2) is 0 Å². The molecule has 1 aliphatic rings. The molecule has 1 heterocycles. The van der Waals surface area contributed by atoms with Crippen LogP contribution in [0.2, 0.25) is 0 Å². The van der Waals surface area contributed by atoms with E-state index < -0.39 is 11.8 Å². The molecule has 4 aromatic rings. The van der Waals surface area contributed by atoms with Crippen LogP contribution in [0.15, 0.2) is 91.0 Å². The maximum absolute atomic E-state index is 12.4. The summed E-state index contributed by atoms with van der Waals surface area (Å²) in [7, 11) is 0. The number of hydroxylamine groups is 2. The van der Waals surface area contributed by atoms with E-state index in [1.807, 2.05) is 75.4 Å². The topological polar surface area (TPSA) is 77.5 Å². The molecule has 0 aliphatic carbocycles. The number of piperidine rings is 1. The number of hydrogen-bond donors (Lipinski definition) is 1. The lowest BCUT2D eigenvalue weighted by Crippen LogP contribution is -2.45. The van der Waals surface area contributed by atoms with Gasteiger partial charge >= 0.3 is 6.16 Å². The summed E-state index contributed by atoms with van der Waals surface area (Å²) in [6, 6.07) is 30.4. The highest BCUT2D eigenvalue weighted by Crippen LogP contribution is 2.34. The molecule has 5 rings (SSSR count). The summed E-state index contributed by atoms with van der Waals surface area (Å²) in [5.41, 5.74) is 3.39. The first-order valence-electron chi connectivity index (χ1n) is 14.4. The van der Waals surface area contributed by atoms with Gasteiger partial charge in [0, 0.05) is 17.8 Å². The van der Waals surface area contributed by atoms with E-state index >= 15 is 0 Å². The highest BCUT2D eigenvalue weighted by molar-refractivity contribution is 5.89. The Morgan fingerprint density at radius 2 is 1.64 bits per heavy atom. The van der Waals surface area contributed by atoms with Gasteiger partial charge in [-0.05, 0) is 67.0 Å². The minimum Gasteiger partial charge on any atom is -0.488 e. The summed E-state index contributed by atoms with van der Waals surface area (Å²) in [5, 5.41) is 13.5. The minimum atomic E-state index is -0.725. The molecule has 0 amide bonds.